The van der Waals surface area contributed by atoms with Gasteiger partial charge in [0.15, 0.2) is 0 Å². The molecule has 0 radical (unpaired) electrons. The van der Waals surface area contributed by atoms with Gasteiger partial charge in [0.1, 0.15) is 16.6 Å². The lowest BCUT2D eigenvalue weighted by molar-refractivity contribution is -0.131. The Labute approximate surface area is 159 Å². The number of aromatic nitrogens is 2. The molecule has 1 saturated carbocycles. The summed E-state index contributed by atoms with van der Waals surface area (Å²) in [5.74, 6) is -1.34. The van der Waals surface area contributed by atoms with E-state index in [0.717, 1.165) is 29.5 Å². The Kier molecular flexibility index (Phi) is 4.94. The summed E-state index contributed by atoms with van der Waals surface area (Å²) in [6, 6.07) is 7.36. The largest absolute Gasteiger partial charge is 0.335 e. The fourth-order valence-electron chi connectivity index (χ4n) is 2.91. The first-order chi connectivity index (χ1) is 13.1. The van der Waals surface area contributed by atoms with Crippen LogP contribution in [-0.2, 0) is 17.8 Å². The number of pyridine rings is 1. The number of rotatable bonds is 6. The molecule has 0 aliphatic heterocycles. The van der Waals surface area contributed by atoms with Crippen LogP contribution in [0.4, 0.5) is 8.78 Å². The summed E-state index contributed by atoms with van der Waals surface area (Å²) < 4.78 is 27.1. The zero-order valence-corrected chi connectivity index (χ0v) is 15.3. The van der Waals surface area contributed by atoms with Gasteiger partial charge < -0.3 is 4.90 Å². The second-order valence-electron chi connectivity index (χ2n) is 6.55. The number of carbonyl (C=O) groups excluding carboxylic acids is 1. The van der Waals surface area contributed by atoms with Crippen LogP contribution >= 0.6 is 11.3 Å². The van der Waals surface area contributed by atoms with Gasteiger partial charge in [-0.3, -0.25) is 9.78 Å². The number of nitrogens with zero attached hydrogens (tertiary/aromatic N) is 3. The highest BCUT2D eigenvalue weighted by atomic mass is 32.1. The molecule has 3 aromatic rings. The molecule has 4 nitrogen and oxygen atoms in total. The third-order valence-corrected chi connectivity index (χ3v) is 5.40. The van der Waals surface area contributed by atoms with Gasteiger partial charge in [-0.2, -0.15) is 0 Å². The van der Waals surface area contributed by atoms with Crippen LogP contribution in [0.3, 0.4) is 0 Å². The zero-order valence-electron chi connectivity index (χ0n) is 14.4. The highest BCUT2D eigenvalue weighted by Gasteiger charge is 2.33. The minimum atomic E-state index is -0.624. The minimum absolute atomic E-state index is 0.0933. The molecular weight excluding hydrogens is 368 g/mol. The van der Waals surface area contributed by atoms with Crippen LogP contribution in [0, 0.1) is 11.6 Å². The van der Waals surface area contributed by atoms with Gasteiger partial charge in [-0.05, 0) is 31.0 Å². The third-order valence-electron chi connectivity index (χ3n) is 4.46. The Balaban J connectivity index is 1.48. The molecular formula is C20H17F2N3OS. The van der Waals surface area contributed by atoms with Crippen LogP contribution in [0.15, 0.2) is 48.1 Å². The first kappa shape index (κ1) is 17.7. The number of carbonyl (C=O) groups is 1. The van der Waals surface area contributed by atoms with E-state index in [0.29, 0.717) is 11.3 Å². The smallest absolute Gasteiger partial charge is 0.229 e. The molecule has 27 heavy (non-hydrogen) atoms. The molecule has 1 fully saturated rings. The Morgan fingerprint density at radius 3 is 2.81 bits per heavy atom. The maximum Gasteiger partial charge on any atom is 0.229 e. The van der Waals surface area contributed by atoms with E-state index in [1.54, 1.807) is 17.3 Å². The average Bonchev–Trinajstić information content (AvgIpc) is 3.40. The number of amides is 1. The second kappa shape index (κ2) is 7.52. The lowest BCUT2D eigenvalue weighted by Gasteiger charge is -2.22. The zero-order chi connectivity index (χ0) is 18.8. The van der Waals surface area contributed by atoms with Gasteiger partial charge >= 0.3 is 0 Å². The van der Waals surface area contributed by atoms with Crippen molar-refractivity contribution in [1.82, 2.24) is 14.9 Å². The fraction of sp³-hybridized carbons (Fsp3) is 0.250. The molecule has 2 aromatic heterocycles. The first-order valence-corrected chi connectivity index (χ1v) is 9.56. The van der Waals surface area contributed by atoms with Crippen molar-refractivity contribution in [3.63, 3.8) is 0 Å². The molecule has 0 saturated heterocycles. The molecule has 1 amide bonds. The lowest BCUT2D eigenvalue weighted by Crippen LogP contribution is -2.34. The standard InChI is InChI=1S/C20H17F2N3OS/c21-15-4-3-14(18(22)8-15)11-25(17-5-6-17)19(26)9-16-12-27-20(24-16)13-2-1-7-23-10-13/h1-4,7-8,10,12,17H,5-6,9,11H2. The van der Waals surface area contributed by atoms with Gasteiger partial charge in [-0.15, -0.1) is 11.3 Å². The van der Waals surface area contributed by atoms with E-state index in [-0.39, 0.29) is 24.9 Å². The highest BCUT2D eigenvalue weighted by molar-refractivity contribution is 7.13. The summed E-state index contributed by atoms with van der Waals surface area (Å²) in [6.07, 6.45) is 5.41. The van der Waals surface area contributed by atoms with Crippen LogP contribution in [0.5, 0.6) is 0 Å². The van der Waals surface area contributed by atoms with Crippen molar-refractivity contribution in [2.75, 3.05) is 0 Å². The van der Waals surface area contributed by atoms with Crippen LogP contribution in [0.2, 0.25) is 0 Å². The molecule has 0 bridgehead atoms. The molecule has 4 rings (SSSR count). The maximum absolute atomic E-state index is 14.0. The van der Waals surface area contributed by atoms with Gasteiger partial charge in [0, 0.05) is 47.6 Å². The van der Waals surface area contributed by atoms with E-state index in [4.69, 9.17) is 0 Å². The summed E-state index contributed by atoms with van der Waals surface area (Å²) in [5, 5.41) is 2.68. The summed E-state index contributed by atoms with van der Waals surface area (Å²) >= 11 is 1.46. The molecule has 0 N–H and O–H groups in total. The Morgan fingerprint density at radius 1 is 1.26 bits per heavy atom. The van der Waals surface area contributed by atoms with Gasteiger partial charge in [0.05, 0.1) is 12.1 Å². The molecule has 0 spiro atoms. The van der Waals surface area contributed by atoms with E-state index in [1.165, 1.54) is 23.5 Å². The summed E-state index contributed by atoms with van der Waals surface area (Å²) in [5.41, 5.74) is 1.92. The average molecular weight is 385 g/mol. The van der Waals surface area contributed by atoms with E-state index in [2.05, 4.69) is 9.97 Å². The molecule has 0 unspecified atom stereocenters. The summed E-state index contributed by atoms with van der Waals surface area (Å²) in [6.45, 7) is 0.148. The van der Waals surface area contributed by atoms with Gasteiger partial charge in [0.2, 0.25) is 5.91 Å². The topological polar surface area (TPSA) is 46.1 Å². The molecule has 138 valence electrons. The monoisotopic (exact) mass is 385 g/mol. The van der Waals surface area contributed by atoms with E-state index < -0.39 is 11.6 Å². The van der Waals surface area contributed by atoms with Gasteiger partial charge in [-0.1, -0.05) is 6.07 Å². The summed E-state index contributed by atoms with van der Waals surface area (Å²) in [4.78, 5) is 23.1. The van der Waals surface area contributed by atoms with Crippen LogP contribution in [0.25, 0.3) is 10.6 Å². The molecule has 7 heteroatoms. The SMILES string of the molecule is O=C(Cc1csc(-c2cccnc2)n1)N(Cc1ccc(F)cc1F)C1CC1. The predicted molar refractivity (Wildman–Crippen MR) is 99.0 cm³/mol. The van der Waals surface area contributed by atoms with Crippen LogP contribution < -0.4 is 0 Å². The molecule has 1 aromatic carbocycles. The number of benzene rings is 1. The van der Waals surface area contributed by atoms with Crippen molar-refractivity contribution in [3.8, 4) is 10.6 Å². The van der Waals surface area contributed by atoms with Crippen molar-refractivity contribution < 1.29 is 13.6 Å². The van der Waals surface area contributed by atoms with E-state index in [9.17, 15) is 13.6 Å². The molecule has 2 heterocycles. The number of hydrogen-bond acceptors (Lipinski definition) is 4. The maximum atomic E-state index is 14.0. The number of thiazole rings is 1. The second-order valence-corrected chi connectivity index (χ2v) is 7.41. The molecule has 0 atom stereocenters. The van der Waals surface area contributed by atoms with E-state index in [1.807, 2.05) is 17.5 Å². The Morgan fingerprint density at radius 2 is 2.11 bits per heavy atom. The third kappa shape index (κ3) is 4.19. The van der Waals surface area contributed by atoms with Gasteiger partial charge in [-0.25, -0.2) is 13.8 Å². The molecule has 1 aliphatic rings. The lowest BCUT2D eigenvalue weighted by atomic mass is 10.1. The van der Waals surface area contributed by atoms with Crippen molar-refractivity contribution in [1.29, 1.82) is 0 Å². The van der Waals surface area contributed by atoms with Crippen molar-refractivity contribution in [3.05, 3.63) is 71.0 Å². The Hall–Kier alpha value is -2.67. The van der Waals surface area contributed by atoms with E-state index >= 15 is 0 Å². The fourth-order valence-corrected chi connectivity index (χ4v) is 3.72. The quantitative estimate of drug-likeness (QED) is 0.638. The van der Waals surface area contributed by atoms with Crippen molar-refractivity contribution in [2.45, 2.75) is 31.8 Å². The first-order valence-electron chi connectivity index (χ1n) is 8.68. The minimum Gasteiger partial charge on any atom is -0.335 e. The predicted octanol–water partition coefficient (Wildman–Crippen LogP) is 4.22. The number of hydrogen-bond donors (Lipinski definition) is 0. The Bertz CT molecular complexity index is 957. The number of halogens is 2. The van der Waals surface area contributed by atoms with Gasteiger partial charge in [0.25, 0.3) is 0 Å². The highest BCUT2D eigenvalue weighted by Crippen LogP contribution is 2.30. The van der Waals surface area contributed by atoms with Crippen molar-refractivity contribution >= 4 is 17.2 Å². The summed E-state index contributed by atoms with van der Waals surface area (Å²) in [7, 11) is 0. The molecule has 1 aliphatic carbocycles. The normalized spacial score (nSPS) is 13.6. The van der Waals surface area contributed by atoms with Crippen molar-refractivity contribution in [2.24, 2.45) is 0 Å². The van der Waals surface area contributed by atoms with Crippen LogP contribution in [0.1, 0.15) is 24.1 Å². The van der Waals surface area contributed by atoms with Crippen LogP contribution in [-0.4, -0.2) is 26.8 Å².